The smallest absolute Gasteiger partial charge is 0.338 e. The summed E-state index contributed by atoms with van der Waals surface area (Å²) in [6.07, 6.45) is -4.11. The number of nitrogens with one attached hydrogen (secondary N) is 1. The molecule has 10 heteroatoms. The molecular weight excluding hydrogens is 662 g/mol. The third-order valence-electron chi connectivity index (χ3n) is 13.8. The van der Waals surface area contributed by atoms with Crippen molar-refractivity contribution in [1.29, 1.82) is 0 Å². The van der Waals surface area contributed by atoms with Crippen LogP contribution >= 0.6 is 0 Å². The summed E-state index contributed by atoms with van der Waals surface area (Å²) in [5.41, 5.74) is -2.99. The summed E-state index contributed by atoms with van der Waals surface area (Å²) in [5.74, 6) is -3.76. The Labute approximate surface area is 305 Å². The van der Waals surface area contributed by atoms with Crippen LogP contribution in [-0.4, -0.2) is 73.9 Å². The number of aliphatic hydroxyl groups excluding tert-OH is 3. The Kier molecular flexibility index (Phi) is 9.96. The van der Waals surface area contributed by atoms with Crippen LogP contribution in [0.15, 0.2) is 71.8 Å². The Morgan fingerprint density at radius 1 is 0.981 bits per heavy atom. The molecule has 10 nitrogen and oxygen atoms in total. The Morgan fingerprint density at radius 2 is 1.60 bits per heavy atom. The van der Waals surface area contributed by atoms with Crippen molar-refractivity contribution in [2.75, 3.05) is 0 Å². The molecule has 1 amide bonds. The second-order valence-corrected chi connectivity index (χ2v) is 16.7. The predicted molar refractivity (Wildman–Crippen MR) is 192 cm³/mol. The second-order valence-electron chi connectivity index (χ2n) is 16.7. The Balaban J connectivity index is 1.45. The molecule has 3 fully saturated rings. The highest BCUT2D eigenvalue weighted by atomic mass is 16.6. The molecule has 0 saturated heterocycles. The van der Waals surface area contributed by atoms with Gasteiger partial charge in [-0.1, -0.05) is 88.4 Å². The molecule has 4 aliphatic carbocycles. The normalized spacial score (nSPS) is 36.2. The van der Waals surface area contributed by atoms with Crippen LogP contribution in [0.1, 0.15) is 103 Å². The van der Waals surface area contributed by atoms with Crippen LogP contribution < -0.4 is 5.32 Å². The van der Waals surface area contributed by atoms with Crippen LogP contribution in [0.25, 0.3) is 0 Å². The Bertz CT molecular complexity index is 1760. The molecule has 280 valence electrons. The highest BCUT2D eigenvalue weighted by Gasteiger charge is 2.73. The molecule has 11 atom stereocenters. The summed E-state index contributed by atoms with van der Waals surface area (Å²) in [7, 11) is 0. The van der Waals surface area contributed by atoms with Crippen LogP contribution in [0.3, 0.4) is 0 Å². The lowest BCUT2D eigenvalue weighted by molar-refractivity contribution is -0.233. The van der Waals surface area contributed by atoms with E-state index < -0.39 is 88.2 Å². The molecule has 6 rings (SSSR count). The minimum absolute atomic E-state index is 0.115. The Hall–Kier alpha value is -3.70. The zero-order valence-electron chi connectivity index (χ0n) is 31.0. The summed E-state index contributed by atoms with van der Waals surface area (Å²) < 4.78 is 6.08. The number of hydrogen-bond acceptors (Lipinski definition) is 9. The number of ether oxygens (including phenoxy) is 1. The first-order valence-corrected chi connectivity index (χ1v) is 18.6. The summed E-state index contributed by atoms with van der Waals surface area (Å²) >= 11 is 0. The summed E-state index contributed by atoms with van der Waals surface area (Å²) in [6.45, 7) is 10.8. The molecule has 0 aromatic heterocycles. The van der Waals surface area contributed by atoms with Crippen LogP contribution in [0, 0.1) is 28.1 Å². The van der Waals surface area contributed by atoms with Crippen molar-refractivity contribution in [3.8, 4) is 0 Å². The summed E-state index contributed by atoms with van der Waals surface area (Å²) in [4.78, 5) is 53.7. The molecule has 2 bridgehead atoms. The number of esters is 1. The van der Waals surface area contributed by atoms with Gasteiger partial charge in [0, 0.05) is 24.2 Å². The highest BCUT2D eigenvalue weighted by molar-refractivity contribution is 5.98. The fraction of sp³-hybridized carbons (Fsp3) is 0.571. The number of Topliss-reactive ketones (excluding diaryl/α,β-unsaturated/α-hetero) is 2. The van der Waals surface area contributed by atoms with Gasteiger partial charge in [0.25, 0.3) is 0 Å². The van der Waals surface area contributed by atoms with E-state index in [1.165, 1.54) is 0 Å². The maximum absolute atomic E-state index is 14.8. The van der Waals surface area contributed by atoms with Gasteiger partial charge in [0.05, 0.1) is 29.6 Å². The van der Waals surface area contributed by atoms with Crippen molar-refractivity contribution in [2.45, 2.75) is 122 Å². The van der Waals surface area contributed by atoms with E-state index in [0.29, 0.717) is 17.6 Å². The zero-order chi connectivity index (χ0) is 38.0. The van der Waals surface area contributed by atoms with E-state index in [-0.39, 0.29) is 30.1 Å². The molecule has 2 aromatic rings. The quantitative estimate of drug-likeness (QED) is 0.143. The van der Waals surface area contributed by atoms with Crippen molar-refractivity contribution in [2.24, 2.45) is 28.1 Å². The number of ketones is 2. The molecule has 52 heavy (non-hydrogen) atoms. The average molecular weight is 716 g/mol. The van der Waals surface area contributed by atoms with Crippen LogP contribution in [0.4, 0.5) is 0 Å². The SMILES string of the molecule is CCC(=O)CC(=O)N[C@@H](c1ccccc1)[C@@H](O)C(=O)O[C@H]1C[C@@]2(O)[C@@H](c3ccccc3)C3[C@]4(C)CC[C@@H]4C[C@H](O)[C@@]3(C)C(=O)[C@H](O)C(=C1C)C2(C)C. The number of aliphatic hydroxyl groups is 4. The van der Waals surface area contributed by atoms with Crippen LogP contribution in [0.2, 0.25) is 0 Å². The lowest BCUT2D eigenvalue weighted by Crippen LogP contribution is -2.72. The third kappa shape index (κ3) is 5.77. The molecule has 2 aromatic carbocycles. The minimum Gasteiger partial charge on any atom is -0.456 e. The topological polar surface area (TPSA) is 170 Å². The van der Waals surface area contributed by atoms with Gasteiger partial charge in [-0.3, -0.25) is 14.4 Å². The summed E-state index contributed by atoms with van der Waals surface area (Å²) in [6, 6.07) is 16.6. The lowest BCUT2D eigenvalue weighted by atomic mass is 9.35. The van der Waals surface area contributed by atoms with E-state index in [1.54, 1.807) is 51.1 Å². The highest BCUT2D eigenvalue weighted by Crippen LogP contribution is 2.72. The van der Waals surface area contributed by atoms with E-state index in [0.717, 1.165) is 18.4 Å². The van der Waals surface area contributed by atoms with Gasteiger partial charge in [0.2, 0.25) is 5.91 Å². The number of carbonyl (C=O) groups is 4. The standard InChI is InChI=1S/C42H53NO9/c1-7-27(44)21-30(46)43-33(25-16-12-9-13-17-25)35(48)38(50)52-28-22-42(51)32(24-14-10-8-11-15-24)36-40(5)19-18-26(40)20-29(45)41(36,6)37(49)34(47)31(23(28)2)39(42,3)4/h8-17,26,28-29,32-36,45,47-48,51H,7,18-22H2,1-6H3,(H,43,46)/t26-,28+,29+,32+,33+,34-,35-,36?,40-,41-,42-/m1/s1. The second kappa shape index (κ2) is 13.6. The molecule has 1 unspecified atom stereocenters. The number of rotatable bonds is 9. The molecule has 0 aliphatic heterocycles. The van der Waals surface area contributed by atoms with Crippen molar-refractivity contribution in [3.63, 3.8) is 0 Å². The molecule has 3 saturated carbocycles. The zero-order valence-corrected chi connectivity index (χ0v) is 31.0. The lowest BCUT2D eigenvalue weighted by Gasteiger charge is -2.69. The molecule has 5 N–H and O–H groups in total. The van der Waals surface area contributed by atoms with Gasteiger partial charge in [-0.15, -0.1) is 0 Å². The first kappa shape index (κ1) is 38.0. The third-order valence-corrected chi connectivity index (χ3v) is 13.8. The number of amides is 1. The van der Waals surface area contributed by atoms with E-state index in [4.69, 9.17) is 4.74 Å². The van der Waals surface area contributed by atoms with Crippen LogP contribution in [0.5, 0.6) is 0 Å². The van der Waals surface area contributed by atoms with E-state index >= 15 is 0 Å². The van der Waals surface area contributed by atoms with Crippen molar-refractivity contribution in [3.05, 3.63) is 82.9 Å². The molecular formula is C42H53NO9. The predicted octanol–water partition coefficient (Wildman–Crippen LogP) is 4.49. The number of hydrogen-bond donors (Lipinski definition) is 5. The van der Waals surface area contributed by atoms with Gasteiger partial charge in [-0.05, 0) is 72.6 Å². The first-order valence-electron chi connectivity index (χ1n) is 18.6. The number of benzene rings is 2. The van der Waals surface area contributed by atoms with Gasteiger partial charge in [-0.2, -0.15) is 0 Å². The van der Waals surface area contributed by atoms with Gasteiger partial charge in [0.15, 0.2) is 11.9 Å². The largest absolute Gasteiger partial charge is 0.456 e. The van der Waals surface area contributed by atoms with Crippen molar-refractivity contribution < 1.29 is 44.3 Å². The van der Waals surface area contributed by atoms with E-state index in [2.05, 4.69) is 12.2 Å². The van der Waals surface area contributed by atoms with E-state index in [9.17, 15) is 39.6 Å². The van der Waals surface area contributed by atoms with Crippen molar-refractivity contribution in [1.82, 2.24) is 5.32 Å². The summed E-state index contributed by atoms with van der Waals surface area (Å²) in [5, 5.41) is 51.6. The molecule has 0 radical (unpaired) electrons. The van der Waals surface area contributed by atoms with Gasteiger partial charge in [-0.25, -0.2) is 4.79 Å². The number of fused-ring (bicyclic) bond motifs is 5. The van der Waals surface area contributed by atoms with Gasteiger partial charge >= 0.3 is 5.97 Å². The minimum atomic E-state index is -1.90. The fourth-order valence-corrected chi connectivity index (χ4v) is 10.6. The fourth-order valence-electron chi connectivity index (χ4n) is 10.6. The molecule has 0 spiro atoms. The van der Waals surface area contributed by atoms with Gasteiger partial charge < -0.3 is 30.5 Å². The Morgan fingerprint density at radius 3 is 2.17 bits per heavy atom. The van der Waals surface area contributed by atoms with Crippen LogP contribution in [-0.2, 0) is 23.9 Å². The van der Waals surface area contributed by atoms with E-state index in [1.807, 2.05) is 44.2 Å². The van der Waals surface area contributed by atoms with Crippen molar-refractivity contribution >= 4 is 23.4 Å². The monoisotopic (exact) mass is 715 g/mol. The maximum atomic E-state index is 14.8. The maximum Gasteiger partial charge on any atom is 0.338 e. The first-order chi connectivity index (χ1) is 24.4. The average Bonchev–Trinajstić information content (AvgIpc) is 3.11. The molecule has 4 aliphatic rings. The van der Waals surface area contributed by atoms with Gasteiger partial charge in [0.1, 0.15) is 18.0 Å². The molecule has 0 heterocycles. The number of carbonyl (C=O) groups excluding carboxylic acids is 4.